The Morgan fingerprint density at radius 3 is 2.71 bits per heavy atom. The standard InChI is InChI=1S/C11H16N2O2S2/c1-4-13(3)11(15)7(2)12-10(14)9-5-8(16)6-17-9/h5-7,16H,4H2,1-3H3,(H,12,14). The van der Waals surface area contributed by atoms with Gasteiger partial charge in [0.1, 0.15) is 6.04 Å². The number of thiophene rings is 1. The van der Waals surface area contributed by atoms with Crippen molar-refractivity contribution < 1.29 is 9.59 Å². The van der Waals surface area contributed by atoms with Crippen LogP contribution in [0.15, 0.2) is 16.3 Å². The van der Waals surface area contributed by atoms with Crippen LogP contribution in [-0.4, -0.2) is 36.3 Å². The maximum absolute atomic E-state index is 11.8. The molecule has 1 rings (SSSR count). The Hall–Kier alpha value is -1.01. The van der Waals surface area contributed by atoms with Crippen LogP contribution in [0.25, 0.3) is 0 Å². The number of hydrogen-bond acceptors (Lipinski definition) is 4. The third-order valence-electron chi connectivity index (χ3n) is 2.38. The quantitative estimate of drug-likeness (QED) is 0.819. The largest absolute Gasteiger partial charge is 0.344 e. The molecule has 0 radical (unpaired) electrons. The Bertz CT molecular complexity index is 417. The maximum Gasteiger partial charge on any atom is 0.262 e. The molecule has 94 valence electrons. The van der Waals surface area contributed by atoms with Crippen molar-refractivity contribution in [1.82, 2.24) is 10.2 Å². The zero-order valence-electron chi connectivity index (χ0n) is 10.1. The van der Waals surface area contributed by atoms with E-state index in [1.807, 2.05) is 6.92 Å². The van der Waals surface area contributed by atoms with E-state index in [1.54, 1.807) is 30.3 Å². The Kier molecular flexibility index (Phi) is 5.02. The van der Waals surface area contributed by atoms with E-state index in [1.165, 1.54) is 11.3 Å². The maximum atomic E-state index is 11.8. The van der Waals surface area contributed by atoms with Crippen molar-refractivity contribution in [3.63, 3.8) is 0 Å². The molecule has 0 saturated heterocycles. The molecular weight excluding hydrogens is 256 g/mol. The van der Waals surface area contributed by atoms with E-state index < -0.39 is 6.04 Å². The van der Waals surface area contributed by atoms with E-state index in [-0.39, 0.29) is 11.8 Å². The fourth-order valence-electron chi connectivity index (χ4n) is 1.26. The molecule has 0 aliphatic carbocycles. The highest BCUT2D eigenvalue weighted by molar-refractivity contribution is 7.80. The summed E-state index contributed by atoms with van der Waals surface area (Å²) in [4.78, 5) is 26.4. The molecule has 0 aliphatic heterocycles. The second kappa shape index (κ2) is 6.07. The molecular formula is C11H16N2O2S2. The van der Waals surface area contributed by atoms with Gasteiger partial charge in [0, 0.05) is 23.9 Å². The van der Waals surface area contributed by atoms with Crippen LogP contribution < -0.4 is 5.32 Å². The van der Waals surface area contributed by atoms with Gasteiger partial charge in [-0.3, -0.25) is 9.59 Å². The minimum absolute atomic E-state index is 0.0940. The lowest BCUT2D eigenvalue weighted by Gasteiger charge is -2.20. The molecule has 0 spiro atoms. The molecule has 1 atom stereocenters. The van der Waals surface area contributed by atoms with Gasteiger partial charge in [0.05, 0.1) is 4.88 Å². The second-order valence-corrected chi connectivity index (χ2v) is 5.14. The van der Waals surface area contributed by atoms with Crippen LogP contribution in [-0.2, 0) is 4.79 Å². The molecule has 0 bridgehead atoms. The highest BCUT2D eigenvalue weighted by Gasteiger charge is 2.19. The molecule has 6 heteroatoms. The highest BCUT2D eigenvalue weighted by atomic mass is 32.1. The van der Waals surface area contributed by atoms with Crippen molar-refractivity contribution in [2.75, 3.05) is 13.6 Å². The van der Waals surface area contributed by atoms with E-state index >= 15 is 0 Å². The summed E-state index contributed by atoms with van der Waals surface area (Å²) >= 11 is 5.45. The van der Waals surface area contributed by atoms with Crippen molar-refractivity contribution >= 4 is 35.8 Å². The van der Waals surface area contributed by atoms with Gasteiger partial charge in [-0.15, -0.1) is 24.0 Å². The first-order valence-corrected chi connectivity index (χ1v) is 6.61. The fraction of sp³-hybridized carbons (Fsp3) is 0.455. The molecule has 0 aromatic carbocycles. The first kappa shape index (κ1) is 14.1. The summed E-state index contributed by atoms with van der Waals surface area (Å²) in [5, 5.41) is 4.45. The van der Waals surface area contributed by atoms with Gasteiger partial charge in [0.15, 0.2) is 0 Å². The second-order valence-electron chi connectivity index (χ2n) is 3.72. The van der Waals surface area contributed by atoms with Gasteiger partial charge < -0.3 is 10.2 Å². The number of rotatable bonds is 4. The predicted octanol–water partition coefficient (Wildman–Crippen LogP) is 1.63. The topological polar surface area (TPSA) is 49.4 Å². The van der Waals surface area contributed by atoms with E-state index in [2.05, 4.69) is 17.9 Å². The third-order valence-corrected chi connectivity index (χ3v) is 3.74. The van der Waals surface area contributed by atoms with Crippen LogP contribution in [0.2, 0.25) is 0 Å². The third kappa shape index (κ3) is 3.74. The molecule has 0 saturated carbocycles. The summed E-state index contributed by atoms with van der Waals surface area (Å²) in [6, 6.07) is 1.17. The molecule has 1 heterocycles. The van der Waals surface area contributed by atoms with Crippen LogP contribution >= 0.6 is 24.0 Å². The normalized spacial score (nSPS) is 12.0. The molecule has 1 aromatic heterocycles. The van der Waals surface area contributed by atoms with E-state index in [0.717, 1.165) is 4.90 Å². The number of nitrogens with zero attached hydrogens (tertiary/aromatic N) is 1. The summed E-state index contributed by atoms with van der Waals surface area (Å²) in [5.41, 5.74) is 0. The van der Waals surface area contributed by atoms with Gasteiger partial charge in [-0.25, -0.2) is 0 Å². The average Bonchev–Trinajstić information content (AvgIpc) is 2.73. The SMILES string of the molecule is CCN(C)C(=O)C(C)NC(=O)c1cc(S)cs1. The summed E-state index contributed by atoms with van der Waals surface area (Å²) in [6.07, 6.45) is 0. The Morgan fingerprint density at radius 1 is 1.59 bits per heavy atom. The summed E-state index contributed by atoms with van der Waals surface area (Å²) in [6.45, 7) is 4.19. The number of amides is 2. The molecule has 1 unspecified atom stereocenters. The molecule has 0 aliphatic rings. The van der Waals surface area contributed by atoms with Crippen molar-refractivity contribution in [1.29, 1.82) is 0 Å². The summed E-state index contributed by atoms with van der Waals surface area (Å²) in [7, 11) is 1.71. The molecule has 0 fully saturated rings. The van der Waals surface area contributed by atoms with Crippen LogP contribution in [0, 0.1) is 0 Å². The number of nitrogens with one attached hydrogen (secondary N) is 1. The number of likely N-dealkylation sites (N-methyl/N-ethyl adjacent to an activating group) is 1. The van der Waals surface area contributed by atoms with Gasteiger partial charge in [0.2, 0.25) is 5.91 Å². The van der Waals surface area contributed by atoms with Gasteiger partial charge >= 0.3 is 0 Å². The zero-order valence-corrected chi connectivity index (χ0v) is 11.8. The van der Waals surface area contributed by atoms with Gasteiger partial charge in [-0.1, -0.05) is 0 Å². The summed E-state index contributed by atoms with van der Waals surface area (Å²) in [5.74, 6) is -0.329. The molecule has 4 nitrogen and oxygen atoms in total. The number of carbonyl (C=O) groups is 2. The van der Waals surface area contributed by atoms with Gasteiger partial charge in [0.25, 0.3) is 5.91 Å². The first-order valence-electron chi connectivity index (χ1n) is 5.29. The minimum Gasteiger partial charge on any atom is -0.344 e. The van der Waals surface area contributed by atoms with E-state index in [0.29, 0.717) is 11.4 Å². The fourth-order valence-corrected chi connectivity index (χ4v) is 2.31. The lowest BCUT2D eigenvalue weighted by atomic mass is 10.3. The Balaban J connectivity index is 2.60. The Morgan fingerprint density at radius 2 is 2.24 bits per heavy atom. The minimum atomic E-state index is -0.516. The van der Waals surface area contributed by atoms with E-state index in [9.17, 15) is 9.59 Å². The number of hydrogen-bond donors (Lipinski definition) is 2. The van der Waals surface area contributed by atoms with Crippen molar-refractivity contribution in [3.05, 3.63) is 16.3 Å². The summed E-state index contributed by atoms with van der Waals surface area (Å²) < 4.78 is 0. The number of thiol groups is 1. The van der Waals surface area contributed by atoms with Crippen molar-refractivity contribution in [2.45, 2.75) is 24.8 Å². The van der Waals surface area contributed by atoms with Crippen molar-refractivity contribution in [2.24, 2.45) is 0 Å². The number of carbonyl (C=O) groups excluding carboxylic acids is 2. The molecule has 17 heavy (non-hydrogen) atoms. The Labute approximate surface area is 110 Å². The van der Waals surface area contributed by atoms with Crippen molar-refractivity contribution in [3.8, 4) is 0 Å². The highest BCUT2D eigenvalue weighted by Crippen LogP contribution is 2.17. The van der Waals surface area contributed by atoms with Gasteiger partial charge in [-0.2, -0.15) is 0 Å². The smallest absolute Gasteiger partial charge is 0.262 e. The van der Waals surface area contributed by atoms with Crippen LogP contribution in [0.4, 0.5) is 0 Å². The lowest BCUT2D eigenvalue weighted by molar-refractivity contribution is -0.131. The lowest BCUT2D eigenvalue weighted by Crippen LogP contribution is -2.45. The zero-order chi connectivity index (χ0) is 13.0. The van der Waals surface area contributed by atoms with Crippen LogP contribution in [0.3, 0.4) is 0 Å². The molecule has 1 N–H and O–H groups in total. The van der Waals surface area contributed by atoms with Gasteiger partial charge in [-0.05, 0) is 19.9 Å². The predicted molar refractivity (Wildman–Crippen MR) is 71.8 cm³/mol. The van der Waals surface area contributed by atoms with E-state index in [4.69, 9.17) is 0 Å². The van der Waals surface area contributed by atoms with Crippen LogP contribution in [0.1, 0.15) is 23.5 Å². The first-order chi connectivity index (χ1) is 7.95. The van der Waals surface area contributed by atoms with Crippen LogP contribution in [0.5, 0.6) is 0 Å². The monoisotopic (exact) mass is 272 g/mol. The molecule has 2 amide bonds. The molecule has 1 aromatic rings. The average molecular weight is 272 g/mol.